The second kappa shape index (κ2) is 6.21. The summed E-state index contributed by atoms with van der Waals surface area (Å²) < 4.78 is 38.8. The largest absolute Gasteiger partial charge is 0.508 e. The summed E-state index contributed by atoms with van der Waals surface area (Å²) in [5.41, 5.74) is -3.25. The average Bonchev–Trinajstić information content (AvgIpc) is 2.98. The van der Waals surface area contributed by atoms with Gasteiger partial charge in [-0.3, -0.25) is 4.79 Å². The predicted molar refractivity (Wildman–Crippen MR) is 79.3 cm³/mol. The zero-order valence-corrected chi connectivity index (χ0v) is 12.8. The Labute approximate surface area is 134 Å². The van der Waals surface area contributed by atoms with Gasteiger partial charge in [0.05, 0.1) is 17.7 Å². The first-order chi connectivity index (χ1) is 10.6. The van der Waals surface area contributed by atoms with E-state index in [2.05, 4.69) is 5.32 Å². The van der Waals surface area contributed by atoms with Gasteiger partial charge in [0.25, 0.3) is 5.91 Å². The first kappa shape index (κ1) is 17.3. The Morgan fingerprint density at radius 1 is 1.30 bits per heavy atom. The predicted octanol–water partition coefficient (Wildman–Crippen LogP) is 3.11. The number of phenolic OH excluding ortho intramolecular Hbond substituents is 1. The van der Waals surface area contributed by atoms with Crippen LogP contribution in [0.2, 0.25) is 0 Å². The van der Waals surface area contributed by atoms with E-state index in [9.17, 15) is 28.2 Å². The summed E-state index contributed by atoms with van der Waals surface area (Å²) in [6, 6.07) is 5.63. The van der Waals surface area contributed by atoms with Crippen molar-refractivity contribution in [3.8, 4) is 5.75 Å². The summed E-state index contributed by atoms with van der Waals surface area (Å²) in [7, 11) is 0. The van der Waals surface area contributed by atoms with Crippen molar-refractivity contribution in [2.24, 2.45) is 0 Å². The zero-order chi connectivity index (χ0) is 17.3. The van der Waals surface area contributed by atoms with Gasteiger partial charge in [0.2, 0.25) is 0 Å². The number of alkyl halides is 3. The van der Waals surface area contributed by atoms with E-state index in [1.165, 1.54) is 18.3 Å². The lowest BCUT2D eigenvalue weighted by Crippen LogP contribution is -2.38. The highest BCUT2D eigenvalue weighted by Crippen LogP contribution is 2.33. The van der Waals surface area contributed by atoms with Crippen molar-refractivity contribution in [1.29, 1.82) is 0 Å². The van der Waals surface area contributed by atoms with Crippen molar-refractivity contribution in [3.63, 3.8) is 0 Å². The maximum absolute atomic E-state index is 12.9. The van der Waals surface area contributed by atoms with E-state index < -0.39 is 34.6 Å². The fourth-order valence-electron chi connectivity index (χ4n) is 1.99. The summed E-state index contributed by atoms with van der Waals surface area (Å²) in [5.74, 6) is -1.47. The van der Waals surface area contributed by atoms with Gasteiger partial charge in [0.15, 0.2) is 0 Å². The maximum Gasteiger partial charge on any atom is 0.417 e. The van der Waals surface area contributed by atoms with Crippen LogP contribution in [0.15, 0.2) is 35.7 Å². The highest BCUT2D eigenvalue weighted by molar-refractivity contribution is 7.10. The molecule has 0 aliphatic rings. The first-order valence-corrected chi connectivity index (χ1v) is 7.44. The fourth-order valence-corrected chi connectivity index (χ4v) is 2.77. The molecule has 0 aliphatic heterocycles. The van der Waals surface area contributed by atoms with Gasteiger partial charge >= 0.3 is 6.18 Å². The number of hydrogen-bond donors (Lipinski definition) is 3. The van der Waals surface area contributed by atoms with Gasteiger partial charge in [-0.05, 0) is 36.6 Å². The summed E-state index contributed by atoms with van der Waals surface area (Å²) in [6.45, 7) is 1.19. The second-order valence-corrected chi connectivity index (χ2v) is 6.11. The number of carbonyl (C=O) groups excluding carboxylic acids is 1. The van der Waals surface area contributed by atoms with E-state index in [1.807, 2.05) is 0 Å². The molecule has 1 unspecified atom stereocenters. The highest BCUT2D eigenvalue weighted by Gasteiger charge is 2.36. The van der Waals surface area contributed by atoms with Crippen molar-refractivity contribution < 1.29 is 28.2 Å². The fraction of sp³-hybridized carbons (Fsp3) is 0.267. The molecule has 1 aromatic carbocycles. The average molecular weight is 345 g/mol. The molecule has 124 valence electrons. The Bertz CT molecular complexity index is 696. The van der Waals surface area contributed by atoms with Crippen molar-refractivity contribution >= 4 is 17.2 Å². The zero-order valence-electron chi connectivity index (χ0n) is 12.0. The van der Waals surface area contributed by atoms with E-state index in [-0.39, 0.29) is 6.54 Å². The molecule has 2 rings (SSSR count). The SMILES string of the molecule is CC(O)(CNC(=O)c1cc(O)ccc1C(F)(F)F)c1cccs1. The van der Waals surface area contributed by atoms with Crippen LogP contribution in [0.5, 0.6) is 5.75 Å². The van der Waals surface area contributed by atoms with Crippen molar-refractivity contribution in [2.45, 2.75) is 18.7 Å². The standard InChI is InChI=1S/C15H14F3NO3S/c1-14(22,12-3-2-6-23-12)8-19-13(21)10-7-9(20)4-5-11(10)15(16,17)18/h2-7,20,22H,8H2,1H3,(H,19,21). The van der Waals surface area contributed by atoms with Gasteiger partial charge < -0.3 is 15.5 Å². The monoisotopic (exact) mass is 345 g/mol. The van der Waals surface area contributed by atoms with Crippen LogP contribution in [-0.4, -0.2) is 22.7 Å². The molecule has 4 nitrogen and oxygen atoms in total. The molecule has 0 aliphatic carbocycles. The third-order valence-corrected chi connectivity index (χ3v) is 4.32. The summed E-state index contributed by atoms with van der Waals surface area (Å²) >= 11 is 1.27. The number of nitrogens with one attached hydrogen (secondary N) is 1. The minimum atomic E-state index is -4.73. The molecule has 2 aromatic rings. The third kappa shape index (κ3) is 4.02. The Kier molecular flexibility index (Phi) is 4.67. The number of amides is 1. The number of rotatable bonds is 4. The van der Waals surface area contributed by atoms with E-state index in [4.69, 9.17) is 0 Å². The van der Waals surface area contributed by atoms with Crippen molar-refractivity contribution in [1.82, 2.24) is 5.32 Å². The topological polar surface area (TPSA) is 69.6 Å². The van der Waals surface area contributed by atoms with Gasteiger partial charge in [-0.1, -0.05) is 6.07 Å². The van der Waals surface area contributed by atoms with Gasteiger partial charge in [-0.15, -0.1) is 11.3 Å². The van der Waals surface area contributed by atoms with E-state index in [1.54, 1.807) is 17.5 Å². The molecule has 1 amide bonds. The van der Waals surface area contributed by atoms with Crippen LogP contribution in [0.1, 0.15) is 27.7 Å². The molecule has 0 fully saturated rings. The normalized spacial score (nSPS) is 14.3. The van der Waals surface area contributed by atoms with Crippen LogP contribution in [0.25, 0.3) is 0 Å². The molecule has 0 bridgehead atoms. The van der Waals surface area contributed by atoms with Crippen LogP contribution in [0, 0.1) is 0 Å². The molecule has 23 heavy (non-hydrogen) atoms. The van der Waals surface area contributed by atoms with E-state index in [0.29, 0.717) is 10.9 Å². The van der Waals surface area contributed by atoms with Gasteiger partial charge in [0.1, 0.15) is 11.4 Å². The Morgan fingerprint density at radius 3 is 2.57 bits per heavy atom. The van der Waals surface area contributed by atoms with E-state index in [0.717, 1.165) is 12.1 Å². The molecule has 0 spiro atoms. The highest BCUT2D eigenvalue weighted by atomic mass is 32.1. The first-order valence-electron chi connectivity index (χ1n) is 6.56. The lowest BCUT2D eigenvalue weighted by atomic mass is 10.0. The van der Waals surface area contributed by atoms with Gasteiger partial charge in [-0.25, -0.2) is 0 Å². The van der Waals surface area contributed by atoms with Gasteiger partial charge in [-0.2, -0.15) is 13.2 Å². The summed E-state index contributed by atoms with van der Waals surface area (Å²) in [4.78, 5) is 12.6. The van der Waals surface area contributed by atoms with E-state index >= 15 is 0 Å². The number of thiophene rings is 1. The third-order valence-electron chi connectivity index (χ3n) is 3.20. The molecular weight excluding hydrogens is 331 g/mol. The Hall–Kier alpha value is -2.06. The maximum atomic E-state index is 12.9. The molecule has 8 heteroatoms. The van der Waals surface area contributed by atoms with Crippen LogP contribution in [0.4, 0.5) is 13.2 Å². The molecule has 1 atom stereocenters. The van der Waals surface area contributed by atoms with Crippen LogP contribution in [0.3, 0.4) is 0 Å². The lowest BCUT2D eigenvalue weighted by Gasteiger charge is -2.23. The molecule has 3 N–H and O–H groups in total. The second-order valence-electron chi connectivity index (χ2n) is 5.16. The molecule has 0 radical (unpaired) electrons. The number of carbonyl (C=O) groups is 1. The lowest BCUT2D eigenvalue weighted by molar-refractivity contribution is -0.137. The minimum Gasteiger partial charge on any atom is -0.508 e. The van der Waals surface area contributed by atoms with Gasteiger partial charge in [0, 0.05) is 4.88 Å². The number of hydrogen-bond acceptors (Lipinski definition) is 4. The molecule has 1 heterocycles. The molecular formula is C15H14F3NO3S. The Morgan fingerprint density at radius 2 is 2.00 bits per heavy atom. The van der Waals surface area contributed by atoms with Crippen LogP contribution < -0.4 is 5.32 Å². The number of halogens is 3. The minimum absolute atomic E-state index is 0.265. The summed E-state index contributed by atoms with van der Waals surface area (Å²) in [6.07, 6.45) is -4.73. The number of benzene rings is 1. The Balaban J connectivity index is 2.20. The quantitative estimate of drug-likeness (QED) is 0.797. The van der Waals surface area contributed by atoms with Crippen molar-refractivity contribution in [3.05, 3.63) is 51.7 Å². The van der Waals surface area contributed by atoms with Crippen molar-refractivity contribution in [2.75, 3.05) is 6.54 Å². The number of aromatic hydroxyl groups is 1. The number of aliphatic hydroxyl groups is 1. The molecule has 1 aromatic heterocycles. The molecule has 0 saturated carbocycles. The summed E-state index contributed by atoms with van der Waals surface area (Å²) in [5, 5.41) is 23.6. The number of phenols is 1. The van der Waals surface area contributed by atoms with Crippen LogP contribution in [-0.2, 0) is 11.8 Å². The smallest absolute Gasteiger partial charge is 0.417 e. The van der Waals surface area contributed by atoms with Crippen LogP contribution >= 0.6 is 11.3 Å². The molecule has 0 saturated heterocycles.